The van der Waals surface area contributed by atoms with E-state index in [0.29, 0.717) is 21.2 Å². The van der Waals surface area contributed by atoms with Gasteiger partial charge in [-0.2, -0.15) is 0 Å². The Morgan fingerprint density at radius 2 is 1.68 bits per heavy atom. The number of nitrogens with one attached hydrogen (secondary N) is 1. The van der Waals surface area contributed by atoms with Gasteiger partial charge in [-0.15, -0.1) is 0 Å². The van der Waals surface area contributed by atoms with Crippen LogP contribution in [-0.2, 0) is 6.54 Å². The number of hydrogen-bond donors (Lipinski definition) is 2. The largest absolute Gasteiger partial charge is 0.506 e. The first-order chi connectivity index (χ1) is 8.97. The molecule has 0 spiro atoms. The summed E-state index contributed by atoms with van der Waals surface area (Å²) in [5, 5.41) is 12.6. The molecular weight excluding hydrogens is 445 g/mol. The minimum absolute atomic E-state index is 0.150. The monoisotopic (exact) mass is 451 g/mol. The van der Waals surface area contributed by atoms with Crippen molar-refractivity contribution in [3.8, 4) is 5.75 Å². The molecule has 19 heavy (non-hydrogen) atoms. The first kappa shape index (κ1) is 14.8. The normalized spacial score (nSPS) is 10.5. The smallest absolute Gasteiger partial charge is 0.146 e. The minimum atomic E-state index is -0.305. The third-order valence-electron chi connectivity index (χ3n) is 2.49. The van der Waals surface area contributed by atoms with Gasteiger partial charge in [-0.1, -0.05) is 15.9 Å². The Balaban J connectivity index is 2.17. The van der Waals surface area contributed by atoms with Crippen LogP contribution < -0.4 is 5.32 Å². The van der Waals surface area contributed by atoms with E-state index in [1.807, 2.05) is 0 Å². The highest BCUT2D eigenvalue weighted by atomic mass is 79.9. The van der Waals surface area contributed by atoms with E-state index in [2.05, 4.69) is 53.1 Å². The van der Waals surface area contributed by atoms with Crippen LogP contribution in [0.2, 0.25) is 0 Å². The van der Waals surface area contributed by atoms with Crippen molar-refractivity contribution in [3.05, 3.63) is 55.1 Å². The summed E-state index contributed by atoms with van der Waals surface area (Å²) in [7, 11) is 0. The molecule has 0 amide bonds. The fourth-order valence-corrected chi connectivity index (χ4v) is 3.19. The van der Waals surface area contributed by atoms with Crippen molar-refractivity contribution in [3.63, 3.8) is 0 Å². The van der Waals surface area contributed by atoms with Gasteiger partial charge in [0.25, 0.3) is 0 Å². The van der Waals surface area contributed by atoms with Crippen LogP contribution in [0, 0.1) is 5.82 Å². The Kier molecular flexibility index (Phi) is 4.86. The van der Waals surface area contributed by atoms with E-state index in [0.717, 1.165) is 10.0 Å². The zero-order valence-corrected chi connectivity index (χ0v) is 14.3. The molecule has 0 radical (unpaired) electrons. The third kappa shape index (κ3) is 3.70. The highest BCUT2D eigenvalue weighted by Crippen LogP contribution is 2.33. The Labute approximate surface area is 135 Å². The maximum atomic E-state index is 13.6. The fraction of sp³-hybridized carbons (Fsp3) is 0.0769. The van der Waals surface area contributed by atoms with Gasteiger partial charge in [0.05, 0.1) is 14.6 Å². The number of phenolic OH excluding ortho intramolecular Hbond substituents is 1. The van der Waals surface area contributed by atoms with Crippen LogP contribution in [0.15, 0.2) is 43.7 Å². The number of phenols is 1. The molecule has 0 aliphatic carbocycles. The van der Waals surface area contributed by atoms with Gasteiger partial charge in [0.1, 0.15) is 11.6 Å². The number of hydrogen-bond acceptors (Lipinski definition) is 2. The number of halogens is 4. The first-order valence-electron chi connectivity index (χ1n) is 5.33. The lowest BCUT2D eigenvalue weighted by molar-refractivity contribution is 0.468. The van der Waals surface area contributed by atoms with Crippen molar-refractivity contribution >= 4 is 53.5 Å². The zero-order valence-electron chi connectivity index (χ0n) is 9.55. The molecule has 0 bridgehead atoms. The second-order valence-corrected chi connectivity index (χ2v) is 6.51. The number of benzene rings is 2. The van der Waals surface area contributed by atoms with Gasteiger partial charge < -0.3 is 10.4 Å². The molecule has 6 heteroatoms. The minimum Gasteiger partial charge on any atom is -0.506 e. The second-order valence-electron chi connectivity index (χ2n) is 3.89. The standard InChI is InChI=1S/C13H9Br3FNO/c14-8-1-2-11(17)12(5-8)18-6-7-3-9(15)13(19)10(16)4-7/h1-5,18-19H,6H2. The van der Waals surface area contributed by atoms with Gasteiger partial charge in [-0.3, -0.25) is 0 Å². The van der Waals surface area contributed by atoms with Gasteiger partial charge >= 0.3 is 0 Å². The maximum absolute atomic E-state index is 13.6. The molecule has 2 nitrogen and oxygen atoms in total. The molecule has 2 aromatic carbocycles. The number of anilines is 1. The fourth-order valence-electron chi connectivity index (χ4n) is 1.55. The lowest BCUT2D eigenvalue weighted by Crippen LogP contribution is -2.01. The molecule has 0 fully saturated rings. The Morgan fingerprint density at radius 1 is 1.05 bits per heavy atom. The van der Waals surface area contributed by atoms with Crippen molar-refractivity contribution in [2.24, 2.45) is 0 Å². The summed E-state index contributed by atoms with van der Waals surface area (Å²) in [6.07, 6.45) is 0. The number of rotatable bonds is 3. The molecule has 0 atom stereocenters. The summed E-state index contributed by atoms with van der Waals surface area (Å²) in [5.41, 5.74) is 1.34. The number of aromatic hydroxyl groups is 1. The van der Waals surface area contributed by atoms with E-state index in [-0.39, 0.29) is 11.6 Å². The summed E-state index contributed by atoms with van der Waals surface area (Å²) >= 11 is 9.82. The van der Waals surface area contributed by atoms with Gasteiger partial charge in [-0.25, -0.2) is 4.39 Å². The Morgan fingerprint density at radius 3 is 2.32 bits per heavy atom. The molecule has 2 aromatic rings. The van der Waals surface area contributed by atoms with E-state index >= 15 is 0 Å². The Hall–Kier alpha value is -0.590. The predicted octanol–water partition coefficient (Wildman–Crippen LogP) is 5.43. The van der Waals surface area contributed by atoms with E-state index in [4.69, 9.17) is 0 Å². The van der Waals surface area contributed by atoms with Crippen LogP contribution >= 0.6 is 47.8 Å². The average Bonchev–Trinajstić information content (AvgIpc) is 2.37. The molecule has 0 aromatic heterocycles. The molecule has 2 rings (SSSR count). The van der Waals surface area contributed by atoms with Crippen LogP contribution in [0.4, 0.5) is 10.1 Å². The summed E-state index contributed by atoms with van der Waals surface area (Å²) in [5.74, 6) is -0.155. The molecule has 0 aliphatic heterocycles. The molecule has 0 unspecified atom stereocenters. The van der Waals surface area contributed by atoms with E-state index in [1.54, 1.807) is 24.3 Å². The SMILES string of the molecule is Oc1c(Br)cc(CNc2cc(Br)ccc2F)cc1Br. The van der Waals surface area contributed by atoms with Crippen molar-refractivity contribution in [1.82, 2.24) is 0 Å². The lowest BCUT2D eigenvalue weighted by atomic mass is 10.2. The first-order valence-corrected chi connectivity index (χ1v) is 7.71. The van der Waals surface area contributed by atoms with E-state index in [9.17, 15) is 9.50 Å². The van der Waals surface area contributed by atoms with E-state index in [1.165, 1.54) is 6.07 Å². The van der Waals surface area contributed by atoms with Crippen LogP contribution in [-0.4, -0.2) is 5.11 Å². The molecule has 100 valence electrons. The van der Waals surface area contributed by atoms with Crippen molar-refractivity contribution in [1.29, 1.82) is 0 Å². The van der Waals surface area contributed by atoms with Crippen LogP contribution in [0.3, 0.4) is 0 Å². The highest BCUT2D eigenvalue weighted by Gasteiger charge is 2.07. The molecule has 0 aliphatic rings. The van der Waals surface area contributed by atoms with Crippen molar-refractivity contribution in [2.45, 2.75) is 6.54 Å². The maximum Gasteiger partial charge on any atom is 0.146 e. The highest BCUT2D eigenvalue weighted by molar-refractivity contribution is 9.11. The van der Waals surface area contributed by atoms with Gasteiger partial charge in [0.2, 0.25) is 0 Å². The van der Waals surface area contributed by atoms with Gasteiger partial charge in [0, 0.05) is 11.0 Å². The molecular formula is C13H9Br3FNO. The molecule has 0 heterocycles. The molecule has 2 N–H and O–H groups in total. The van der Waals surface area contributed by atoms with Gasteiger partial charge in [0.15, 0.2) is 0 Å². The molecule has 0 saturated heterocycles. The molecule has 0 saturated carbocycles. The quantitative estimate of drug-likeness (QED) is 0.649. The van der Waals surface area contributed by atoms with Crippen molar-refractivity contribution in [2.75, 3.05) is 5.32 Å². The van der Waals surface area contributed by atoms with E-state index < -0.39 is 0 Å². The predicted molar refractivity (Wildman–Crippen MR) is 84.9 cm³/mol. The van der Waals surface area contributed by atoms with Crippen LogP contribution in [0.5, 0.6) is 5.75 Å². The van der Waals surface area contributed by atoms with Crippen molar-refractivity contribution < 1.29 is 9.50 Å². The third-order valence-corrected chi connectivity index (χ3v) is 4.19. The topological polar surface area (TPSA) is 32.3 Å². The summed E-state index contributed by atoms with van der Waals surface area (Å²) in [6, 6.07) is 8.29. The lowest BCUT2D eigenvalue weighted by Gasteiger charge is -2.10. The summed E-state index contributed by atoms with van der Waals surface area (Å²) in [6.45, 7) is 0.449. The van der Waals surface area contributed by atoms with Gasteiger partial charge in [-0.05, 0) is 67.8 Å². The average molecular weight is 454 g/mol. The Bertz CT molecular complexity index is 596. The second kappa shape index (κ2) is 6.24. The van der Waals surface area contributed by atoms with Crippen LogP contribution in [0.25, 0.3) is 0 Å². The summed E-state index contributed by atoms with van der Waals surface area (Å²) < 4.78 is 15.5. The summed E-state index contributed by atoms with van der Waals surface area (Å²) in [4.78, 5) is 0. The van der Waals surface area contributed by atoms with Crippen LogP contribution in [0.1, 0.15) is 5.56 Å². The zero-order chi connectivity index (χ0) is 14.0.